The molecule has 1 aliphatic rings. The van der Waals surface area contributed by atoms with Crippen molar-refractivity contribution in [3.63, 3.8) is 0 Å². The number of rotatable bonds is 13. The largest absolute Gasteiger partial charge is 0.494 e. The first-order chi connectivity index (χ1) is 17.9. The number of amides is 1. The Labute approximate surface area is 220 Å². The summed E-state index contributed by atoms with van der Waals surface area (Å²) in [6.07, 6.45) is 6.58. The Kier molecular flexibility index (Phi) is 9.22. The maximum absolute atomic E-state index is 14.9. The molecule has 1 fully saturated rings. The third kappa shape index (κ3) is 7.13. The zero-order valence-corrected chi connectivity index (χ0v) is 21.8. The Morgan fingerprint density at radius 2 is 1.78 bits per heavy atom. The molecule has 1 saturated heterocycles. The summed E-state index contributed by atoms with van der Waals surface area (Å²) in [5.74, 6) is -1.06. The highest BCUT2D eigenvalue weighted by Crippen LogP contribution is 2.32. The number of halogens is 1. The van der Waals surface area contributed by atoms with E-state index < -0.39 is 17.7 Å². The Morgan fingerprint density at radius 3 is 2.49 bits per heavy atom. The molecule has 4 rings (SSSR count). The van der Waals surface area contributed by atoms with Crippen LogP contribution in [-0.2, 0) is 16.0 Å². The zero-order valence-electron chi connectivity index (χ0n) is 21.0. The van der Waals surface area contributed by atoms with E-state index >= 15 is 0 Å². The lowest BCUT2D eigenvalue weighted by Crippen LogP contribution is -2.53. The van der Waals surface area contributed by atoms with Gasteiger partial charge in [-0.25, -0.2) is 4.39 Å². The molecule has 3 aromatic rings. The van der Waals surface area contributed by atoms with Crippen molar-refractivity contribution >= 4 is 23.2 Å². The van der Waals surface area contributed by atoms with Crippen molar-refractivity contribution < 1.29 is 23.8 Å². The molecule has 0 aliphatic carbocycles. The van der Waals surface area contributed by atoms with Crippen LogP contribution in [0.2, 0.25) is 0 Å². The first-order valence-corrected chi connectivity index (χ1v) is 13.6. The lowest BCUT2D eigenvalue weighted by Gasteiger charge is -2.36. The van der Waals surface area contributed by atoms with Crippen molar-refractivity contribution in [1.29, 1.82) is 0 Å². The second-order valence-electron chi connectivity index (χ2n) is 9.35. The molecule has 7 nitrogen and oxygen atoms in total. The molecule has 0 unspecified atom stereocenters. The van der Waals surface area contributed by atoms with Crippen molar-refractivity contribution in [3.05, 3.63) is 53.8 Å². The van der Waals surface area contributed by atoms with Gasteiger partial charge < -0.3 is 14.7 Å². The van der Waals surface area contributed by atoms with Crippen molar-refractivity contribution in [3.8, 4) is 26.9 Å². The number of carbonyl (C=O) groups excluding carboxylic acids is 1. The van der Waals surface area contributed by atoms with Gasteiger partial charge in [-0.05, 0) is 54.8 Å². The number of ether oxygens (including phenoxy) is 1. The Bertz CT molecular complexity index is 1210. The van der Waals surface area contributed by atoms with Crippen LogP contribution >= 0.6 is 11.3 Å². The zero-order chi connectivity index (χ0) is 26.2. The minimum atomic E-state index is -0.879. The van der Waals surface area contributed by atoms with E-state index in [1.165, 1.54) is 48.0 Å². The molecule has 1 aromatic heterocycles. The number of hydrogen-bond donors (Lipinski definition) is 1. The van der Waals surface area contributed by atoms with Crippen LogP contribution in [0, 0.1) is 11.7 Å². The summed E-state index contributed by atoms with van der Waals surface area (Å²) in [5.41, 5.74) is 1.97. The van der Waals surface area contributed by atoms with Crippen molar-refractivity contribution in [1.82, 2.24) is 15.1 Å². The number of carbonyl (C=O) groups is 2. The predicted octanol–water partition coefficient (Wildman–Crippen LogP) is 5.84. The van der Waals surface area contributed by atoms with Crippen LogP contribution in [0.15, 0.2) is 42.5 Å². The number of aryl methyl sites for hydroxylation is 1. The Morgan fingerprint density at radius 1 is 1.05 bits per heavy atom. The van der Waals surface area contributed by atoms with Crippen LogP contribution in [0.1, 0.15) is 51.0 Å². The highest BCUT2D eigenvalue weighted by molar-refractivity contribution is 7.17. The molecule has 0 bridgehead atoms. The standard InChI is InChI=1S/C28H32FN3O4S/c1-2-3-4-5-6-15-36-22-11-9-20(10-12-22)26-30-31-27(37-26)23-13-7-19(16-24(23)29)8-14-25(33)32-17-21(18-32)28(34)35/h7,9-13,16,21H,2-6,8,14-15,17-18H2,1H3,(H,34,35). The van der Waals surface area contributed by atoms with Gasteiger partial charge in [-0.1, -0.05) is 50.0 Å². The van der Waals surface area contributed by atoms with Gasteiger partial charge >= 0.3 is 5.97 Å². The fourth-order valence-electron chi connectivity index (χ4n) is 4.17. The second kappa shape index (κ2) is 12.8. The van der Waals surface area contributed by atoms with Gasteiger partial charge in [-0.3, -0.25) is 9.59 Å². The summed E-state index contributed by atoms with van der Waals surface area (Å²) >= 11 is 1.32. The van der Waals surface area contributed by atoms with E-state index in [0.29, 0.717) is 34.2 Å². The summed E-state index contributed by atoms with van der Waals surface area (Å²) in [5, 5.41) is 18.5. The number of unbranched alkanes of at least 4 members (excludes halogenated alkanes) is 4. The average molecular weight is 526 g/mol. The van der Waals surface area contributed by atoms with Gasteiger partial charge in [0.05, 0.1) is 12.5 Å². The first kappa shape index (κ1) is 26.7. The second-order valence-corrected chi connectivity index (χ2v) is 10.3. The molecule has 0 atom stereocenters. The van der Waals surface area contributed by atoms with Gasteiger partial charge in [-0.15, -0.1) is 10.2 Å². The van der Waals surface area contributed by atoms with Gasteiger partial charge in [0, 0.05) is 30.6 Å². The molecule has 0 radical (unpaired) electrons. The van der Waals surface area contributed by atoms with E-state index in [4.69, 9.17) is 9.84 Å². The lowest BCUT2D eigenvalue weighted by atomic mass is 9.99. The molecule has 2 heterocycles. The molecule has 1 N–H and O–H groups in total. The summed E-state index contributed by atoms with van der Waals surface area (Å²) in [6, 6.07) is 12.6. The molecular formula is C28H32FN3O4S. The van der Waals surface area contributed by atoms with E-state index in [2.05, 4.69) is 17.1 Å². The maximum atomic E-state index is 14.9. The third-order valence-electron chi connectivity index (χ3n) is 6.52. The molecule has 9 heteroatoms. The number of aromatic nitrogens is 2. The van der Waals surface area contributed by atoms with E-state index in [1.807, 2.05) is 24.3 Å². The molecule has 37 heavy (non-hydrogen) atoms. The van der Waals surface area contributed by atoms with Crippen molar-refractivity contribution in [2.75, 3.05) is 19.7 Å². The van der Waals surface area contributed by atoms with Crippen LogP contribution in [0.5, 0.6) is 5.75 Å². The van der Waals surface area contributed by atoms with Crippen LogP contribution in [0.25, 0.3) is 21.1 Å². The van der Waals surface area contributed by atoms with Crippen LogP contribution in [0.3, 0.4) is 0 Å². The van der Waals surface area contributed by atoms with Crippen LogP contribution in [-0.4, -0.2) is 51.8 Å². The number of aliphatic carboxylic acids is 1. The van der Waals surface area contributed by atoms with Gasteiger partial charge in [-0.2, -0.15) is 0 Å². The molecule has 196 valence electrons. The number of hydrogen-bond acceptors (Lipinski definition) is 6. The summed E-state index contributed by atoms with van der Waals surface area (Å²) in [4.78, 5) is 24.6. The quantitative estimate of drug-likeness (QED) is 0.282. The number of likely N-dealkylation sites (tertiary alicyclic amines) is 1. The highest BCUT2D eigenvalue weighted by Gasteiger charge is 2.35. The molecular weight excluding hydrogens is 493 g/mol. The van der Waals surface area contributed by atoms with Gasteiger partial charge in [0.25, 0.3) is 0 Å². The maximum Gasteiger partial charge on any atom is 0.310 e. The normalized spacial score (nSPS) is 13.4. The number of carboxylic acid groups (broad SMARTS) is 1. The Hall–Kier alpha value is -3.33. The third-order valence-corrected chi connectivity index (χ3v) is 7.52. The fourth-order valence-corrected chi connectivity index (χ4v) is 5.05. The lowest BCUT2D eigenvalue weighted by molar-refractivity contribution is -0.152. The van der Waals surface area contributed by atoms with E-state index in [1.54, 1.807) is 12.1 Å². The van der Waals surface area contributed by atoms with Crippen molar-refractivity contribution in [2.45, 2.75) is 51.9 Å². The summed E-state index contributed by atoms with van der Waals surface area (Å²) < 4.78 is 20.7. The van der Waals surface area contributed by atoms with Crippen LogP contribution < -0.4 is 4.74 Å². The number of carboxylic acids is 1. The molecule has 1 aliphatic heterocycles. The topological polar surface area (TPSA) is 92.6 Å². The number of benzene rings is 2. The molecule has 2 aromatic carbocycles. The molecule has 0 saturated carbocycles. The highest BCUT2D eigenvalue weighted by atomic mass is 32.1. The molecule has 0 spiro atoms. The summed E-state index contributed by atoms with van der Waals surface area (Å²) in [6.45, 7) is 3.40. The summed E-state index contributed by atoms with van der Waals surface area (Å²) in [7, 11) is 0. The van der Waals surface area contributed by atoms with E-state index in [9.17, 15) is 14.0 Å². The fraction of sp³-hybridized carbons (Fsp3) is 0.429. The van der Waals surface area contributed by atoms with Gasteiger partial charge in [0.1, 0.15) is 16.6 Å². The molecule has 1 amide bonds. The Balaban J connectivity index is 1.29. The first-order valence-electron chi connectivity index (χ1n) is 12.8. The van der Waals surface area contributed by atoms with E-state index in [-0.39, 0.29) is 25.4 Å². The van der Waals surface area contributed by atoms with Crippen LogP contribution in [0.4, 0.5) is 4.39 Å². The average Bonchev–Trinajstić information content (AvgIpc) is 3.34. The van der Waals surface area contributed by atoms with Gasteiger partial charge in [0.2, 0.25) is 5.91 Å². The predicted molar refractivity (Wildman–Crippen MR) is 141 cm³/mol. The van der Waals surface area contributed by atoms with Gasteiger partial charge in [0.15, 0.2) is 5.01 Å². The van der Waals surface area contributed by atoms with Crippen molar-refractivity contribution in [2.24, 2.45) is 5.92 Å². The number of nitrogens with zero attached hydrogens (tertiary/aromatic N) is 3. The van der Waals surface area contributed by atoms with E-state index in [0.717, 1.165) is 17.7 Å². The SMILES string of the molecule is CCCCCCCOc1ccc(-c2nnc(-c3ccc(CCC(=O)N4CC(C(=O)O)C4)cc3F)s2)cc1. The monoisotopic (exact) mass is 525 g/mol. The minimum absolute atomic E-state index is 0.112. The smallest absolute Gasteiger partial charge is 0.310 e. The minimum Gasteiger partial charge on any atom is -0.494 e.